The van der Waals surface area contributed by atoms with E-state index in [1.807, 2.05) is 0 Å². The summed E-state index contributed by atoms with van der Waals surface area (Å²) in [4.78, 5) is 6.21. The fourth-order valence-electron chi connectivity index (χ4n) is 2.47. The Balaban J connectivity index is 2.28. The molecule has 0 aliphatic carbocycles. The van der Waals surface area contributed by atoms with Crippen LogP contribution in [0.4, 0.5) is 20.5 Å². The third-order valence-corrected chi connectivity index (χ3v) is 3.62. The number of hydrogen-bond donors (Lipinski definition) is 0. The van der Waals surface area contributed by atoms with E-state index in [-0.39, 0.29) is 10.7 Å². The molecular weight excluding hydrogens is 260 g/mol. The molecule has 1 aromatic rings. The number of rotatable bonds is 3. The van der Waals surface area contributed by atoms with Crippen molar-refractivity contribution in [2.75, 3.05) is 16.8 Å². The summed E-state index contributed by atoms with van der Waals surface area (Å²) < 4.78 is 24.8. The highest BCUT2D eigenvalue weighted by atomic mass is 35.5. The minimum Gasteiger partial charge on any atom is -0.352 e. The van der Waals surface area contributed by atoms with Crippen molar-refractivity contribution < 1.29 is 8.96 Å². The van der Waals surface area contributed by atoms with Crippen LogP contribution >= 0.6 is 11.6 Å². The Kier molecular flexibility index (Phi) is 3.90. The predicted molar refractivity (Wildman–Crippen MR) is 69.1 cm³/mol. The Morgan fingerprint density at radius 2 is 2.22 bits per heavy atom. The lowest BCUT2D eigenvalue weighted by atomic mass is 10.0. The first-order valence-corrected chi connectivity index (χ1v) is 6.42. The van der Waals surface area contributed by atoms with Gasteiger partial charge in [0.1, 0.15) is 11.5 Å². The number of anilines is 2. The van der Waals surface area contributed by atoms with E-state index in [9.17, 15) is 8.96 Å². The molecule has 100 valence electrons. The van der Waals surface area contributed by atoms with Crippen molar-refractivity contribution in [1.29, 1.82) is 0 Å². The Labute approximate surface area is 110 Å². The molecule has 1 aromatic heterocycles. The molecule has 0 bridgehead atoms. The Morgan fingerprint density at radius 3 is 2.78 bits per heavy atom. The molecule has 1 aliphatic rings. The SMILES string of the molecule is CC(C)C1CCCN1c1ncc(N(F)F)cc1Cl. The first kappa shape index (κ1) is 13.3. The molecule has 0 spiro atoms. The van der Waals surface area contributed by atoms with E-state index in [1.54, 1.807) is 0 Å². The summed E-state index contributed by atoms with van der Waals surface area (Å²) >= 11 is 6.06. The van der Waals surface area contributed by atoms with Gasteiger partial charge in [-0.05, 0) is 30.2 Å². The summed E-state index contributed by atoms with van der Waals surface area (Å²) in [6.45, 7) is 5.18. The molecule has 1 fully saturated rings. The molecule has 3 nitrogen and oxygen atoms in total. The Bertz CT molecular complexity index is 426. The topological polar surface area (TPSA) is 19.4 Å². The molecule has 0 saturated carbocycles. The molecule has 1 aliphatic heterocycles. The molecule has 0 radical (unpaired) electrons. The zero-order valence-corrected chi connectivity index (χ0v) is 11.2. The smallest absolute Gasteiger partial charge is 0.147 e. The van der Waals surface area contributed by atoms with Crippen LogP contribution in [-0.2, 0) is 0 Å². The third-order valence-electron chi connectivity index (χ3n) is 3.34. The van der Waals surface area contributed by atoms with Crippen molar-refractivity contribution in [3.8, 4) is 0 Å². The Hall–Kier alpha value is -1.10. The van der Waals surface area contributed by atoms with Gasteiger partial charge >= 0.3 is 0 Å². The van der Waals surface area contributed by atoms with Crippen LogP contribution in [0.5, 0.6) is 0 Å². The quantitative estimate of drug-likeness (QED) is 0.779. The van der Waals surface area contributed by atoms with Crippen molar-refractivity contribution in [3.63, 3.8) is 0 Å². The molecule has 0 N–H and O–H groups in total. The molecule has 1 atom stereocenters. The van der Waals surface area contributed by atoms with Crippen LogP contribution in [0.2, 0.25) is 5.02 Å². The number of halogens is 3. The lowest BCUT2D eigenvalue weighted by Gasteiger charge is -2.29. The highest BCUT2D eigenvalue weighted by molar-refractivity contribution is 6.33. The van der Waals surface area contributed by atoms with Crippen LogP contribution in [0.25, 0.3) is 0 Å². The van der Waals surface area contributed by atoms with Gasteiger partial charge < -0.3 is 4.90 Å². The van der Waals surface area contributed by atoms with Gasteiger partial charge in [0.25, 0.3) is 0 Å². The lowest BCUT2D eigenvalue weighted by molar-refractivity contribution is 0.235. The monoisotopic (exact) mass is 275 g/mol. The minimum absolute atomic E-state index is 0.278. The van der Waals surface area contributed by atoms with E-state index >= 15 is 0 Å². The van der Waals surface area contributed by atoms with Gasteiger partial charge in [-0.1, -0.05) is 34.4 Å². The number of aromatic nitrogens is 1. The van der Waals surface area contributed by atoms with E-state index < -0.39 is 5.34 Å². The van der Waals surface area contributed by atoms with Gasteiger partial charge in [0, 0.05) is 12.6 Å². The van der Waals surface area contributed by atoms with Crippen molar-refractivity contribution >= 4 is 23.1 Å². The normalized spacial score (nSPS) is 19.7. The fraction of sp³-hybridized carbons (Fsp3) is 0.583. The van der Waals surface area contributed by atoms with Gasteiger partial charge in [0.15, 0.2) is 0 Å². The number of nitrogens with zero attached hydrogens (tertiary/aromatic N) is 3. The van der Waals surface area contributed by atoms with Crippen molar-refractivity contribution in [1.82, 2.24) is 4.98 Å². The average Bonchev–Trinajstić information content (AvgIpc) is 2.77. The molecule has 2 heterocycles. The van der Waals surface area contributed by atoms with Crippen LogP contribution in [0.1, 0.15) is 26.7 Å². The van der Waals surface area contributed by atoms with Gasteiger partial charge in [-0.2, -0.15) is 0 Å². The molecule has 18 heavy (non-hydrogen) atoms. The summed E-state index contributed by atoms with van der Waals surface area (Å²) in [7, 11) is 0. The predicted octanol–water partition coefficient (Wildman–Crippen LogP) is 3.94. The molecule has 6 heteroatoms. The summed E-state index contributed by atoms with van der Waals surface area (Å²) in [5.41, 5.74) is -0.288. The molecule has 0 aromatic carbocycles. The summed E-state index contributed by atoms with van der Waals surface area (Å²) in [6, 6.07) is 1.63. The zero-order valence-electron chi connectivity index (χ0n) is 10.4. The van der Waals surface area contributed by atoms with Gasteiger partial charge in [0.05, 0.1) is 11.2 Å². The molecule has 1 unspecified atom stereocenters. The standard InChI is InChI=1S/C12H16ClF2N3/c1-8(2)11-4-3-5-17(11)12-10(13)6-9(7-16-12)18(14)15/h6-8,11H,3-5H2,1-2H3. The van der Waals surface area contributed by atoms with Crippen LogP contribution in [0.15, 0.2) is 12.3 Å². The highest BCUT2D eigenvalue weighted by Crippen LogP contribution is 2.34. The van der Waals surface area contributed by atoms with E-state index in [0.29, 0.717) is 17.8 Å². The second-order valence-electron chi connectivity index (χ2n) is 4.88. The van der Waals surface area contributed by atoms with E-state index in [2.05, 4.69) is 23.7 Å². The van der Waals surface area contributed by atoms with Crippen molar-refractivity contribution in [3.05, 3.63) is 17.3 Å². The first-order valence-electron chi connectivity index (χ1n) is 6.04. The van der Waals surface area contributed by atoms with E-state index in [1.165, 1.54) is 6.07 Å². The molecule has 2 rings (SSSR count). The fourth-order valence-corrected chi connectivity index (χ4v) is 2.74. The maximum Gasteiger partial charge on any atom is 0.147 e. The van der Waals surface area contributed by atoms with Crippen LogP contribution < -0.4 is 10.2 Å². The van der Waals surface area contributed by atoms with Gasteiger partial charge in [-0.3, -0.25) is 0 Å². The number of hydrogen-bond acceptors (Lipinski definition) is 3. The van der Waals surface area contributed by atoms with Crippen LogP contribution in [-0.4, -0.2) is 17.6 Å². The minimum atomic E-state index is -0.980. The summed E-state index contributed by atoms with van der Waals surface area (Å²) in [5.74, 6) is 1.10. The van der Waals surface area contributed by atoms with Gasteiger partial charge in [-0.25, -0.2) is 4.98 Å². The maximum atomic E-state index is 12.4. The van der Waals surface area contributed by atoms with Crippen LogP contribution in [0.3, 0.4) is 0 Å². The average molecular weight is 276 g/mol. The molecule has 0 amide bonds. The zero-order chi connectivity index (χ0) is 13.3. The lowest BCUT2D eigenvalue weighted by Crippen LogP contribution is -2.34. The van der Waals surface area contributed by atoms with E-state index in [4.69, 9.17) is 11.6 Å². The second-order valence-corrected chi connectivity index (χ2v) is 5.29. The van der Waals surface area contributed by atoms with Crippen LogP contribution in [0, 0.1) is 5.92 Å². The summed E-state index contributed by atoms with van der Waals surface area (Å²) in [6.07, 6.45) is 3.33. The second kappa shape index (κ2) is 5.26. The molecule has 1 saturated heterocycles. The largest absolute Gasteiger partial charge is 0.352 e. The summed E-state index contributed by atoms with van der Waals surface area (Å²) in [5, 5.41) is -0.701. The molecular formula is C12H16ClF2N3. The van der Waals surface area contributed by atoms with Crippen molar-refractivity contribution in [2.24, 2.45) is 5.92 Å². The van der Waals surface area contributed by atoms with Gasteiger partial charge in [-0.15, -0.1) is 0 Å². The van der Waals surface area contributed by atoms with E-state index in [0.717, 1.165) is 25.6 Å². The number of pyridine rings is 1. The van der Waals surface area contributed by atoms with Gasteiger partial charge in [0.2, 0.25) is 0 Å². The first-order chi connectivity index (χ1) is 8.50. The van der Waals surface area contributed by atoms with Crippen molar-refractivity contribution in [2.45, 2.75) is 32.7 Å². The maximum absolute atomic E-state index is 12.4. The Morgan fingerprint density at radius 1 is 1.50 bits per heavy atom. The highest BCUT2D eigenvalue weighted by Gasteiger charge is 2.29. The third kappa shape index (κ3) is 2.51.